The third kappa shape index (κ3) is 5.26. The summed E-state index contributed by atoms with van der Waals surface area (Å²) in [5.41, 5.74) is 0.142. The van der Waals surface area contributed by atoms with Crippen LogP contribution in [0.1, 0.15) is 26.3 Å². The predicted molar refractivity (Wildman–Crippen MR) is 75.7 cm³/mol. The van der Waals surface area contributed by atoms with Gasteiger partial charge >= 0.3 is 5.97 Å². The molecule has 0 aliphatic heterocycles. The molecule has 1 heterocycles. The van der Waals surface area contributed by atoms with E-state index in [1.54, 1.807) is 45.3 Å². The zero-order chi connectivity index (χ0) is 15.4. The highest BCUT2D eigenvalue weighted by atomic mass is 32.2. The number of carbonyl (C=O) groups is 1. The summed E-state index contributed by atoms with van der Waals surface area (Å²) in [7, 11) is -3.66. The molecule has 112 valence electrons. The number of sulfonamides is 1. The molecule has 0 fully saturated rings. The van der Waals surface area contributed by atoms with Gasteiger partial charge in [0.15, 0.2) is 0 Å². The summed E-state index contributed by atoms with van der Waals surface area (Å²) in [4.78, 5) is 15.0. The van der Waals surface area contributed by atoms with Crippen molar-refractivity contribution in [1.82, 2.24) is 9.71 Å². The minimum atomic E-state index is -3.66. The van der Waals surface area contributed by atoms with Crippen LogP contribution < -0.4 is 4.72 Å². The molecule has 1 atom stereocenters. The van der Waals surface area contributed by atoms with Crippen LogP contribution in [0.5, 0.6) is 0 Å². The molecule has 20 heavy (non-hydrogen) atoms. The molecule has 2 N–H and O–H groups in total. The molecule has 0 bridgehead atoms. The second kappa shape index (κ2) is 6.32. The van der Waals surface area contributed by atoms with E-state index >= 15 is 0 Å². The van der Waals surface area contributed by atoms with Gasteiger partial charge in [0.25, 0.3) is 0 Å². The van der Waals surface area contributed by atoms with Gasteiger partial charge in [-0.3, -0.25) is 9.78 Å². The Morgan fingerprint density at radius 2 is 1.90 bits per heavy atom. The fourth-order valence-electron chi connectivity index (χ4n) is 1.64. The lowest BCUT2D eigenvalue weighted by Crippen LogP contribution is -2.49. The summed E-state index contributed by atoms with van der Waals surface area (Å²) in [6.45, 7) is 5.03. The SMILES string of the molecule is CC(C)(C)C(NS(=O)(=O)CCc1ccncc1)C(=O)O. The Hall–Kier alpha value is -1.47. The van der Waals surface area contributed by atoms with Gasteiger partial charge in [0.1, 0.15) is 6.04 Å². The fraction of sp³-hybridized carbons (Fsp3) is 0.538. The first-order valence-corrected chi connectivity index (χ1v) is 7.89. The number of nitrogens with zero attached hydrogens (tertiary/aromatic N) is 1. The number of pyridine rings is 1. The number of aliphatic carboxylic acids is 1. The summed E-state index contributed by atoms with van der Waals surface area (Å²) in [5.74, 6) is -1.33. The van der Waals surface area contributed by atoms with Crippen molar-refractivity contribution < 1.29 is 18.3 Å². The first-order valence-electron chi connectivity index (χ1n) is 6.23. The Labute approximate surface area is 119 Å². The lowest BCUT2D eigenvalue weighted by molar-refractivity contribution is -0.141. The lowest BCUT2D eigenvalue weighted by Gasteiger charge is -2.27. The van der Waals surface area contributed by atoms with Gasteiger partial charge in [-0.1, -0.05) is 20.8 Å². The van der Waals surface area contributed by atoms with E-state index in [0.717, 1.165) is 5.56 Å². The lowest BCUT2D eigenvalue weighted by atomic mass is 9.88. The monoisotopic (exact) mass is 300 g/mol. The molecule has 0 saturated heterocycles. The van der Waals surface area contributed by atoms with Crippen molar-refractivity contribution in [3.63, 3.8) is 0 Å². The third-order valence-corrected chi connectivity index (χ3v) is 4.16. The Morgan fingerprint density at radius 1 is 1.35 bits per heavy atom. The van der Waals surface area contributed by atoms with Gasteiger partial charge in [-0.2, -0.15) is 0 Å². The van der Waals surface area contributed by atoms with Crippen LogP contribution in [-0.4, -0.2) is 36.3 Å². The molecule has 0 amide bonds. The maximum atomic E-state index is 12.0. The van der Waals surface area contributed by atoms with Crippen molar-refractivity contribution in [2.75, 3.05) is 5.75 Å². The molecule has 1 aromatic rings. The number of carboxylic acid groups (broad SMARTS) is 1. The summed E-state index contributed by atoms with van der Waals surface area (Å²) < 4.78 is 26.2. The van der Waals surface area contributed by atoms with Crippen molar-refractivity contribution in [3.8, 4) is 0 Å². The molecular weight excluding hydrogens is 280 g/mol. The molecule has 6 nitrogen and oxygen atoms in total. The van der Waals surface area contributed by atoms with E-state index in [1.165, 1.54) is 0 Å². The van der Waals surface area contributed by atoms with Gasteiger partial charge in [0, 0.05) is 12.4 Å². The van der Waals surface area contributed by atoms with E-state index in [1.807, 2.05) is 0 Å². The number of aromatic nitrogens is 1. The molecule has 0 aliphatic rings. The molecule has 0 radical (unpaired) electrons. The smallest absolute Gasteiger partial charge is 0.322 e. The molecule has 0 spiro atoms. The average Bonchev–Trinajstić information content (AvgIpc) is 2.33. The number of nitrogens with one attached hydrogen (secondary N) is 1. The minimum absolute atomic E-state index is 0.156. The van der Waals surface area contributed by atoms with Crippen LogP contribution in [0.15, 0.2) is 24.5 Å². The Balaban J connectivity index is 2.72. The van der Waals surface area contributed by atoms with Crippen molar-refractivity contribution in [2.24, 2.45) is 5.41 Å². The quantitative estimate of drug-likeness (QED) is 0.818. The van der Waals surface area contributed by atoms with Crippen molar-refractivity contribution in [2.45, 2.75) is 33.2 Å². The van der Waals surface area contributed by atoms with Crippen molar-refractivity contribution >= 4 is 16.0 Å². The molecule has 7 heteroatoms. The van der Waals surface area contributed by atoms with E-state index < -0.39 is 27.4 Å². The van der Waals surface area contributed by atoms with Crippen molar-refractivity contribution in [3.05, 3.63) is 30.1 Å². The van der Waals surface area contributed by atoms with Gasteiger partial charge in [0.05, 0.1) is 5.75 Å². The van der Waals surface area contributed by atoms with Crippen LogP contribution in [0.4, 0.5) is 0 Å². The zero-order valence-electron chi connectivity index (χ0n) is 11.8. The molecule has 1 unspecified atom stereocenters. The van der Waals surface area contributed by atoms with Crippen molar-refractivity contribution in [1.29, 1.82) is 0 Å². The maximum absolute atomic E-state index is 12.0. The van der Waals surface area contributed by atoms with Crippen LogP contribution in [0.2, 0.25) is 0 Å². The number of hydrogen-bond acceptors (Lipinski definition) is 4. The highest BCUT2D eigenvalue weighted by Gasteiger charge is 2.34. The molecule has 0 saturated carbocycles. The molecule has 1 aromatic heterocycles. The molecule has 0 aliphatic carbocycles. The Kier molecular flexibility index (Phi) is 5.24. The Bertz CT molecular complexity index is 549. The highest BCUT2D eigenvalue weighted by Crippen LogP contribution is 2.20. The minimum Gasteiger partial charge on any atom is -0.480 e. The standard InChI is InChI=1S/C13H20N2O4S/c1-13(2,3)11(12(16)17)15-20(18,19)9-6-10-4-7-14-8-5-10/h4-5,7-8,11,15H,6,9H2,1-3H3,(H,16,17). The highest BCUT2D eigenvalue weighted by molar-refractivity contribution is 7.89. The van der Waals surface area contributed by atoms with Gasteiger partial charge < -0.3 is 5.11 Å². The number of aryl methyl sites for hydroxylation is 1. The van der Waals surface area contributed by atoms with Crippen LogP contribution in [0.3, 0.4) is 0 Å². The van der Waals surface area contributed by atoms with Gasteiger partial charge in [-0.05, 0) is 29.5 Å². The van der Waals surface area contributed by atoms with Crippen LogP contribution >= 0.6 is 0 Å². The van der Waals surface area contributed by atoms with E-state index in [0.29, 0.717) is 6.42 Å². The van der Waals surface area contributed by atoms with Crippen LogP contribution in [0, 0.1) is 5.41 Å². The molecule has 0 aromatic carbocycles. The molecular formula is C13H20N2O4S. The average molecular weight is 300 g/mol. The van der Waals surface area contributed by atoms with E-state index in [2.05, 4.69) is 9.71 Å². The second-order valence-corrected chi connectivity index (χ2v) is 7.55. The largest absolute Gasteiger partial charge is 0.480 e. The summed E-state index contributed by atoms with van der Waals surface area (Å²) >= 11 is 0. The summed E-state index contributed by atoms with van der Waals surface area (Å²) in [5, 5.41) is 9.12. The van der Waals surface area contributed by atoms with E-state index in [9.17, 15) is 13.2 Å². The Morgan fingerprint density at radius 3 is 2.35 bits per heavy atom. The molecule has 1 rings (SSSR count). The maximum Gasteiger partial charge on any atom is 0.322 e. The topological polar surface area (TPSA) is 96.4 Å². The van der Waals surface area contributed by atoms with Crippen LogP contribution in [0.25, 0.3) is 0 Å². The van der Waals surface area contributed by atoms with E-state index in [4.69, 9.17) is 5.11 Å². The zero-order valence-corrected chi connectivity index (χ0v) is 12.6. The number of hydrogen-bond donors (Lipinski definition) is 2. The first kappa shape index (κ1) is 16.6. The third-order valence-electron chi connectivity index (χ3n) is 2.82. The van der Waals surface area contributed by atoms with Crippen LogP contribution in [-0.2, 0) is 21.2 Å². The summed E-state index contributed by atoms with van der Waals surface area (Å²) in [6, 6.07) is 2.31. The number of rotatable bonds is 6. The second-order valence-electron chi connectivity index (χ2n) is 5.68. The predicted octanol–water partition coefficient (Wildman–Crippen LogP) is 1.04. The fourth-order valence-corrected chi connectivity index (χ4v) is 3.07. The number of carboxylic acids is 1. The van der Waals surface area contributed by atoms with E-state index in [-0.39, 0.29) is 5.75 Å². The van der Waals surface area contributed by atoms with Gasteiger partial charge in [-0.15, -0.1) is 0 Å². The normalized spacial score (nSPS) is 13.9. The summed E-state index contributed by atoms with van der Waals surface area (Å²) in [6.07, 6.45) is 3.49. The van der Waals surface area contributed by atoms with Gasteiger partial charge in [-0.25, -0.2) is 13.1 Å². The first-order chi connectivity index (χ1) is 9.12. The van der Waals surface area contributed by atoms with Gasteiger partial charge in [0.2, 0.25) is 10.0 Å².